The molecule has 1 aromatic rings. The van der Waals surface area contributed by atoms with Gasteiger partial charge in [0.15, 0.2) is 0 Å². The van der Waals surface area contributed by atoms with Gasteiger partial charge in [-0.3, -0.25) is 4.90 Å². The highest BCUT2D eigenvalue weighted by atomic mass is 19.1. The Morgan fingerprint density at radius 1 is 1.53 bits per heavy atom. The minimum absolute atomic E-state index is 0.0516. The van der Waals surface area contributed by atoms with Crippen molar-refractivity contribution in [3.8, 4) is 0 Å². The molecule has 17 heavy (non-hydrogen) atoms. The number of aliphatic hydroxyl groups excluding tert-OH is 1. The molecule has 1 aliphatic rings. The molecule has 1 saturated heterocycles. The van der Waals surface area contributed by atoms with E-state index in [1.165, 1.54) is 6.07 Å². The van der Waals surface area contributed by atoms with Crippen molar-refractivity contribution in [1.82, 2.24) is 4.90 Å². The Hall–Kier alpha value is -0.970. The molecule has 3 N–H and O–H groups in total. The van der Waals surface area contributed by atoms with E-state index in [9.17, 15) is 4.39 Å². The lowest BCUT2D eigenvalue weighted by molar-refractivity contribution is 0.279. The van der Waals surface area contributed by atoms with Crippen molar-refractivity contribution in [3.05, 3.63) is 35.1 Å². The SMILES string of the molecule is CN1CC(CN)CC1c1cc(CO)ccc1F. The number of aliphatic hydroxyl groups is 1. The summed E-state index contributed by atoms with van der Waals surface area (Å²) in [7, 11) is 1.99. The minimum atomic E-state index is -0.197. The molecular weight excluding hydrogens is 219 g/mol. The molecule has 2 rings (SSSR count). The molecule has 0 radical (unpaired) electrons. The maximum atomic E-state index is 13.8. The van der Waals surface area contributed by atoms with Crippen LogP contribution in [0.25, 0.3) is 0 Å². The number of nitrogens with two attached hydrogens (primary N) is 1. The summed E-state index contributed by atoms with van der Waals surface area (Å²) in [6.45, 7) is 1.50. The van der Waals surface area contributed by atoms with Crippen molar-refractivity contribution in [2.24, 2.45) is 11.7 Å². The molecule has 1 fully saturated rings. The number of hydrogen-bond donors (Lipinski definition) is 2. The third-order valence-electron chi connectivity index (χ3n) is 3.57. The van der Waals surface area contributed by atoms with Crippen LogP contribution in [0, 0.1) is 11.7 Å². The zero-order valence-corrected chi connectivity index (χ0v) is 10.1. The lowest BCUT2D eigenvalue weighted by Crippen LogP contribution is -2.21. The maximum Gasteiger partial charge on any atom is 0.128 e. The van der Waals surface area contributed by atoms with E-state index in [-0.39, 0.29) is 18.5 Å². The van der Waals surface area contributed by atoms with Crippen LogP contribution >= 0.6 is 0 Å². The molecule has 0 spiro atoms. The smallest absolute Gasteiger partial charge is 0.128 e. The highest BCUT2D eigenvalue weighted by molar-refractivity contribution is 5.28. The molecule has 0 aliphatic carbocycles. The fourth-order valence-electron chi connectivity index (χ4n) is 2.59. The van der Waals surface area contributed by atoms with Crippen LogP contribution in [0.1, 0.15) is 23.6 Å². The Morgan fingerprint density at radius 2 is 2.29 bits per heavy atom. The van der Waals surface area contributed by atoms with Crippen molar-refractivity contribution < 1.29 is 9.50 Å². The summed E-state index contributed by atoms with van der Waals surface area (Å²) in [6, 6.07) is 4.89. The summed E-state index contributed by atoms with van der Waals surface area (Å²) in [4.78, 5) is 2.14. The first kappa shape index (κ1) is 12.5. The minimum Gasteiger partial charge on any atom is -0.392 e. The van der Waals surface area contributed by atoms with Gasteiger partial charge in [0.1, 0.15) is 5.82 Å². The Balaban J connectivity index is 2.27. The molecule has 1 aliphatic heterocycles. The van der Waals surface area contributed by atoms with E-state index in [0.29, 0.717) is 18.0 Å². The van der Waals surface area contributed by atoms with Gasteiger partial charge in [0, 0.05) is 18.2 Å². The molecule has 0 amide bonds. The first-order chi connectivity index (χ1) is 8.15. The number of halogens is 1. The Morgan fingerprint density at radius 3 is 2.88 bits per heavy atom. The average Bonchev–Trinajstić information content (AvgIpc) is 2.71. The molecule has 3 nitrogen and oxygen atoms in total. The van der Waals surface area contributed by atoms with Gasteiger partial charge in [0.05, 0.1) is 6.61 Å². The van der Waals surface area contributed by atoms with Gasteiger partial charge in [-0.05, 0) is 43.6 Å². The summed E-state index contributed by atoms with van der Waals surface area (Å²) < 4.78 is 13.8. The molecule has 4 heteroatoms. The van der Waals surface area contributed by atoms with Crippen LogP contribution in [0.15, 0.2) is 18.2 Å². The normalized spacial score (nSPS) is 25.4. The third-order valence-corrected chi connectivity index (χ3v) is 3.57. The second-order valence-electron chi connectivity index (χ2n) is 4.81. The average molecular weight is 238 g/mol. The van der Waals surface area contributed by atoms with Crippen molar-refractivity contribution in [3.63, 3.8) is 0 Å². The van der Waals surface area contributed by atoms with E-state index in [4.69, 9.17) is 10.8 Å². The topological polar surface area (TPSA) is 49.5 Å². The molecule has 2 unspecified atom stereocenters. The van der Waals surface area contributed by atoms with Crippen LogP contribution in [0.4, 0.5) is 4.39 Å². The fraction of sp³-hybridized carbons (Fsp3) is 0.538. The van der Waals surface area contributed by atoms with Gasteiger partial charge in [0.2, 0.25) is 0 Å². The largest absolute Gasteiger partial charge is 0.392 e. The van der Waals surface area contributed by atoms with Crippen molar-refractivity contribution >= 4 is 0 Å². The third kappa shape index (κ3) is 2.49. The van der Waals surface area contributed by atoms with E-state index in [1.807, 2.05) is 7.05 Å². The predicted octanol–water partition coefficient (Wildman–Crippen LogP) is 1.27. The van der Waals surface area contributed by atoms with Gasteiger partial charge in [-0.15, -0.1) is 0 Å². The van der Waals surface area contributed by atoms with E-state index in [0.717, 1.165) is 18.5 Å². The molecule has 1 heterocycles. The van der Waals surface area contributed by atoms with Gasteiger partial charge in [0.25, 0.3) is 0 Å². The first-order valence-corrected chi connectivity index (χ1v) is 5.95. The van der Waals surface area contributed by atoms with Crippen LogP contribution in [0.2, 0.25) is 0 Å². The van der Waals surface area contributed by atoms with Gasteiger partial charge in [-0.2, -0.15) is 0 Å². The molecule has 2 atom stereocenters. The van der Waals surface area contributed by atoms with Gasteiger partial charge < -0.3 is 10.8 Å². The van der Waals surface area contributed by atoms with Crippen LogP contribution in [0.5, 0.6) is 0 Å². The Kier molecular flexibility index (Phi) is 3.76. The second kappa shape index (κ2) is 5.12. The lowest BCUT2D eigenvalue weighted by Gasteiger charge is -2.20. The standard InChI is InChI=1S/C13H19FN2O/c1-16-7-10(6-15)5-13(16)11-4-9(8-17)2-3-12(11)14/h2-4,10,13,17H,5-8,15H2,1H3. The molecule has 0 saturated carbocycles. The number of benzene rings is 1. The Labute approximate surface area is 101 Å². The number of nitrogens with zero attached hydrogens (tertiary/aromatic N) is 1. The summed E-state index contributed by atoms with van der Waals surface area (Å²) in [5.41, 5.74) is 7.10. The molecule has 1 aromatic carbocycles. The highest BCUT2D eigenvalue weighted by Gasteiger charge is 2.31. The zero-order chi connectivity index (χ0) is 12.4. The number of hydrogen-bond acceptors (Lipinski definition) is 3. The van der Waals surface area contributed by atoms with E-state index in [2.05, 4.69) is 4.90 Å². The molecule has 0 aromatic heterocycles. The number of likely N-dealkylation sites (tertiary alicyclic amines) is 1. The maximum absolute atomic E-state index is 13.8. The van der Waals surface area contributed by atoms with E-state index >= 15 is 0 Å². The van der Waals surface area contributed by atoms with Crippen LogP contribution in [-0.4, -0.2) is 30.1 Å². The van der Waals surface area contributed by atoms with Crippen molar-refractivity contribution in [1.29, 1.82) is 0 Å². The van der Waals surface area contributed by atoms with Crippen LogP contribution < -0.4 is 5.73 Å². The monoisotopic (exact) mass is 238 g/mol. The molecule has 0 bridgehead atoms. The second-order valence-corrected chi connectivity index (χ2v) is 4.81. The van der Waals surface area contributed by atoms with E-state index < -0.39 is 0 Å². The fourth-order valence-corrected chi connectivity index (χ4v) is 2.59. The predicted molar refractivity (Wildman–Crippen MR) is 64.9 cm³/mol. The highest BCUT2D eigenvalue weighted by Crippen LogP contribution is 2.35. The summed E-state index contributed by atoms with van der Waals surface area (Å²) in [5, 5.41) is 9.10. The van der Waals surface area contributed by atoms with Crippen LogP contribution in [-0.2, 0) is 6.61 Å². The quantitative estimate of drug-likeness (QED) is 0.833. The zero-order valence-electron chi connectivity index (χ0n) is 10.1. The Bertz CT molecular complexity index is 397. The summed E-state index contributed by atoms with van der Waals surface area (Å²) in [5.74, 6) is 0.235. The van der Waals surface area contributed by atoms with Crippen LogP contribution in [0.3, 0.4) is 0 Å². The van der Waals surface area contributed by atoms with Gasteiger partial charge in [-0.1, -0.05) is 6.07 Å². The van der Waals surface area contributed by atoms with Gasteiger partial charge in [-0.25, -0.2) is 4.39 Å². The van der Waals surface area contributed by atoms with E-state index in [1.54, 1.807) is 12.1 Å². The molecular formula is C13H19FN2O. The summed E-state index contributed by atoms with van der Waals surface area (Å²) in [6.07, 6.45) is 0.888. The van der Waals surface area contributed by atoms with Gasteiger partial charge >= 0.3 is 0 Å². The summed E-state index contributed by atoms with van der Waals surface area (Å²) >= 11 is 0. The lowest BCUT2D eigenvalue weighted by atomic mass is 9.98. The number of rotatable bonds is 3. The molecule has 94 valence electrons. The van der Waals surface area contributed by atoms with Crippen molar-refractivity contribution in [2.45, 2.75) is 19.1 Å². The van der Waals surface area contributed by atoms with Crippen molar-refractivity contribution in [2.75, 3.05) is 20.1 Å². The first-order valence-electron chi connectivity index (χ1n) is 5.95.